The zero-order valence-electron chi connectivity index (χ0n) is 13.7. The van der Waals surface area contributed by atoms with Crippen LogP contribution in [0.25, 0.3) is 0 Å². The normalized spacial score (nSPS) is 16.7. The Kier molecular flexibility index (Phi) is 4.56. The molecule has 1 N–H and O–H groups in total. The average molecular weight is 331 g/mol. The number of rotatable bonds is 3. The molecule has 6 nitrogen and oxygen atoms in total. The van der Waals surface area contributed by atoms with Crippen LogP contribution in [-0.2, 0) is 13.0 Å². The highest BCUT2D eigenvalue weighted by atomic mass is 32.1. The summed E-state index contributed by atoms with van der Waals surface area (Å²) in [6, 6.07) is 1.86. The van der Waals surface area contributed by atoms with Crippen molar-refractivity contribution in [3.05, 3.63) is 39.4 Å². The van der Waals surface area contributed by atoms with E-state index in [-0.39, 0.29) is 12.1 Å². The second-order valence-electron chi connectivity index (χ2n) is 5.82. The number of thiazole rings is 1. The molecule has 1 aliphatic carbocycles. The van der Waals surface area contributed by atoms with Crippen LogP contribution in [-0.4, -0.2) is 32.9 Å². The van der Waals surface area contributed by atoms with Crippen LogP contribution in [0.3, 0.4) is 0 Å². The minimum atomic E-state index is -0.0785. The molecule has 0 radical (unpaired) electrons. The molecule has 0 spiro atoms. The Hall–Kier alpha value is -2.02. The Morgan fingerprint density at radius 2 is 2.26 bits per heavy atom. The Morgan fingerprint density at radius 3 is 3.04 bits per heavy atom. The van der Waals surface area contributed by atoms with Gasteiger partial charge in [0.2, 0.25) is 0 Å². The highest BCUT2D eigenvalue weighted by molar-refractivity contribution is 7.11. The summed E-state index contributed by atoms with van der Waals surface area (Å²) in [4.78, 5) is 28.5. The number of fused-ring (bicyclic) bond motifs is 1. The maximum absolute atomic E-state index is 12.5. The molecule has 0 saturated heterocycles. The Labute approximate surface area is 140 Å². The second-order valence-corrected chi connectivity index (χ2v) is 7.05. The molecule has 0 saturated carbocycles. The predicted octanol–water partition coefficient (Wildman–Crippen LogP) is 2.77. The molecule has 3 rings (SSSR count). The molecule has 2 aromatic rings. The standard InChI is InChI=1S/C16H21N5OS/c1-10-17-8-7-12(19-10)9-18-16(22)21(3)14-6-4-5-13-15(14)23-11(2)20-13/h7-8,14H,4-6,9H2,1-3H3,(H,18,22)/t14-/m0/s1. The number of hydrogen-bond acceptors (Lipinski definition) is 5. The van der Waals surface area contributed by atoms with Gasteiger partial charge in [0.1, 0.15) is 5.82 Å². The Balaban J connectivity index is 1.66. The van der Waals surface area contributed by atoms with Gasteiger partial charge < -0.3 is 10.2 Å². The third-order valence-corrected chi connectivity index (χ3v) is 5.18. The summed E-state index contributed by atoms with van der Waals surface area (Å²) in [6.07, 6.45) is 4.79. The molecular weight excluding hydrogens is 310 g/mol. The van der Waals surface area contributed by atoms with Crippen molar-refractivity contribution < 1.29 is 4.79 Å². The maximum Gasteiger partial charge on any atom is 0.318 e. The summed E-state index contributed by atoms with van der Waals surface area (Å²) in [7, 11) is 1.86. The summed E-state index contributed by atoms with van der Waals surface area (Å²) in [5.41, 5.74) is 1.98. The molecule has 0 aliphatic heterocycles. The minimum absolute atomic E-state index is 0.0785. The van der Waals surface area contributed by atoms with Gasteiger partial charge in [-0.05, 0) is 39.2 Å². The first-order valence-corrected chi connectivity index (χ1v) is 8.61. The minimum Gasteiger partial charge on any atom is -0.332 e. The number of amides is 2. The maximum atomic E-state index is 12.5. The molecule has 1 aliphatic rings. The van der Waals surface area contributed by atoms with Gasteiger partial charge in [-0.1, -0.05) is 0 Å². The largest absolute Gasteiger partial charge is 0.332 e. The number of aryl methyl sites for hydroxylation is 3. The number of carbonyl (C=O) groups is 1. The molecule has 2 aromatic heterocycles. The van der Waals surface area contributed by atoms with Crippen LogP contribution in [0.1, 0.15) is 46.0 Å². The number of urea groups is 1. The van der Waals surface area contributed by atoms with Crippen molar-refractivity contribution in [2.75, 3.05) is 7.05 Å². The van der Waals surface area contributed by atoms with Gasteiger partial charge in [-0.15, -0.1) is 11.3 Å². The van der Waals surface area contributed by atoms with Gasteiger partial charge in [-0.3, -0.25) is 0 Å². The van der Waals surface area contributed by atoms with E-state index < -0.39 is 0 Å². The van der Waals surface area contributed by atoms with Crippen molar-refractivity contribution in [2.45, 2.75) is 45.7 Å². The van der Waals surface area contributed by atoms with Gasteiger partial charge in [0, 0.05) is 13.2 Å². The van der Waals surface area contributed by atoms with Gasteiger partial charge in [-0.2, -0.15) is 0 Å². The summed E-state index contributed by atoms with van der Waals surface area (Å²) < 4.78 is 0. The van der Waals surface area contributed by atoms with Crippen molar-refractivity contribution in [3.63, 3.8) is 0 Å². The second kappa shape index (κ2) is 6.62. The zero-order valence-corrected chi connectivity index (χ0v) is 14.5. The average Bonchev–Trinajstić information content (AvgIpc) is 2.92. The van der Waals surface area contributed by atoms with E-state index in [0.717, 1.165) is 35.7 Å². The van der Waals surface area contributed by atoms with E-state index in [0.29, 0.717) is 12.4 Å². The van der Waals surface area contributed by atoms with Gasteiger partial charge in [-0.25, -0.2) is 19.7 Å². The quantitative estimate of drug-likeness (QED) is 0.939. The predicted molar refractivity (Wildman–Crippen MR) is 89.3 cm³/mol. The van der Waals surface area contributed by atoms with E-state index in [1.54, 1.807) is 22.4 Å². The van der Waals surface area contributed by atoms with Crippen LogP contribution in [0, 0.1) is 13.8 Å². The van der Waals surface area contributed by atoms with Crippen LogP contribution in [0.15, 0.2) is 12.3 Å². The fraction of sp³-hybridized carbons (Fsp3) is 0.500. The molecule has 1 atom stereocenters. The lowest BCUT2D eigenvalue weighted by atomic mass is 9.97. The van der Waals surface area contributed by atoms with Crippen LogP contribution in [0.5, 0.6) is 0 Å². The lowest BCUT2D eigenvalue weighted by Gasteiger charge is -2.30. The van der Waals surface area contributed by atoms with E-state index in [2.05, 4.69) is 20.3 Å². The lowest BCUT2D eigenvalue weighted by Crippen LogP contribution is -2.40. The highest BCUT2D eigenvalue weighted by Gasteiger charge is 2.29. The number of carbonyl (C=O) groups excluding carboxylic acids is 1. The van der Waals surface area contributed by atoms with E-state index >= 15 is 0 Å². The molecule has 23 heavy (non-hydrogen) atoms. The molecule has 122 valence electrons. The molecule has 0 bridgehead atoms. The smallest absolute Gasteiger partial charge is 0.318 e. The number of nitrogens with one attached hydrogen (secondary N) is 1. The van der Waals surface area contributed by atoms with Crippen molar-refractivity contribution in [1.29, 1.82) is 0 Å². The first-order chi connectivity index (χ1) is 11.0. The van der Waals surface area contributed by atoms with Crippen molar-refractivity contribution >= 4 is 17.4 Å². The van der Waals surface area contributed by atoms with Crippen LogP contribution in [0.2, 0.25) is 0 Å². The third-order valence-electron chi connectivity index (χ3n) is 4.07. The molecule has 0 fully saturated rings. The van der Waals surface area contributed by atoms with Crippen molar-refractivity contribution in [3.8, 4) is 0 Å². The van der Waals surface area contributed by atoms with Gasteiger partial charge >= 0.3 is 6.03 Å². The molecule has 2 heterocycles. The van der Waals surface area contributed by atoms with E-state index in [1.165, 1.54) is 4.88 Å². The lowest BCUT2D eigenvalue weighted by molar-refractivity contribution is 0.184. The van der Waals surface area contributed by atoms with Gasteiger partial charge in [0.25, 0.3) is 0 Å². The molecule has 2 amide bonds. The summed E-state index contributed by atoms with van der Waals surface area (Å²) >= 11 is 1.71. The zero-order chi connectivity index (χ0) is 16.4. The summed E-state index contributed by atoms with van der Waals surface area (Å²) in [5, 5.41) is 4.02. The van der Waals surface area contributed by atoms with Crippen LogP contribution in [0.4, 0.5) is 4.79 Å². The van der Waals surface area contributed by atoms with E-state index in [4.69, 9.17) is 0 Å². The highest BCUT2D eigenvalue weighted by Crippen LogP contribution is 2.37. The summed E-state index contributed by atoms with van der Waals surface area (Å²) in [6.45, 7) is 4.28. The summed E-state index contributed by atoms with van der Waals surface area (Å²) in [5.74, 6) is 0.710. The van der Waals surface area contributed by atoms with Crippen molar-refractivity contribution in [1.82, 2.24) is 25.2 Å². The first-order valence-electron chi connectivity index (χ1n) is 7.80. The topological polar surface area (TPSA) is 71.0 Å². The van der Waals surface area contributed by atoms with Crippen LogP contribution >= 0.6 is 11.3 Å². The number of nitrogens with zero attached hydrogens (tertiary/aromatic N) is 4. The fourth-order valence-electron chi connectivity index (χ4n) is 2.92. The third kappa shape index (κ3) is 3.50. The molecule has 7 heteroatoms. The van der Waals surface area contributed by atoms with Gasteiger partial charge in [0.05, 0.1) is 33.9 Å². The fourth-order valence-corrected chi connectivity index (χ4v) is 4.08. The first kappa shape index (κ1) is 15.9. The van der Waals surface area contributed by atoms with E-state index in [9.17, 15) is 4.79 Å². The molecule has 0 unspecified atom stereocenters. The van der Waals surface area contributed by atoms with E-state index in [1.807, 2.05) is 27.0 Å². The SMILES string of the molecule is Cc1nccc(CNC(=O)N(C)[C@H]2CCCc3nc(C)sc32)n1. The molecule has 0 aromatic carbocycles. The Morgan fingerprint density at radius 1 is 1.43 bits per heavy atom. The monoisotopic (exact) mass is 331 g/mol. The van der Waals surface area contributed by atoms with Crippen molar-refractivity contribution in [2.24, 2.45) is 0 Å². The molecular formula is C16H21N5OS. The number of hydrogen-bond donors (Lipinski definition) is 1. The van der Waals surface area contributed by atoms with Gasteiger partial charge in [0.15, 0.2) is 0 Å². The Bertz CT molecular complexity index is 714. The van der Waals surface area contributed by atoms with Crippen LogP contribution < -0.4 is 5.32 Å². The number of aromatic nitrogens is 3.